The summed E-state index contributed by atoms with van der Waals surface area (Å²) in [5, 5.41) is 4.38. The smallest absolute Gasteiger partial charge is 0.226 e. The van der Waals surface area contributed by atoms with E-state index >= 15 is 0 Å². The van der Waals surface area contributed by atoms with Crippen LogP contribution >= 0.6 is 11.8 Å². The summed E-state index contributed by atoms with van der Waals surface area (Å²) in [4.78, 5) is 21.0. The average molecular weight is 468 g/mol. The largest absolute Gasteiger partial charge is 0.347 e. The molecule has 4 aliphatic carbocycles. The van der Waals surface area contributed by atoms with Crippen molar-refractivity contribution in [2.24, 2.45) is 22.7 Å². The van der Waals surface area contributed by atoms with E-state index < -0.39 is 0 Å². The summed E-state index contributed by atoms with van der Waals surface area (Å²) in [6.07, 6.45) is 11.2. The van der Waals surface area contributed by atoms with Gasteiger partial charge in [0.25, 0.3) is 0 Å². The zero-order valence-corrected chi connectivity index (χ0v) is 21.5. The van der Waals surface area contributed by atoms with Crippen molar-refractivity contribution in [3.63, 3.8) is 0 Å². The van der Waals surface area contributed by atoms with E-state index in [1.165, 1.54) is 55.7 Å². The van der Waals surface area contributed by atoms with E-state index in [0.717, 1.165) is 42.2 Å². The predicted octanol–water partition coefficient (Wildman–Crippen LogP) is 6.68. The Labute approximate surface area is 204 Å². The van der Waals surface area contributed by atoms with E-state index in [2.05, 4.69) is 43.1 Å². The standard InChI is InChI=1S/C28H41N3OS/c1-4-5-10-31-25(14-26(32)29-24-8-6-23(7-9-24)19(2)3)18-33-27(31)30-28-15-20-11-21(16-28)13-22(12-20)17-28/h6-9,19-22,25H,4-5,10-18H2,1-3H3,(H,29,32). The lowest BCUT2D eigenvalue weighted by molar-refractivity contribution is -0.116. The van der Waals surface area contributed by atoms with Gasteiger partial charge in [0.2, 0.25) is 5.91 Å². The number of nitrogens with one attached hydrogen (secondary N) is 1. The van der Waals surface area contributed by atoms with Crippen LogP contribution in [-0.4, -0.2) is 39.9 Å². The van der Waals surface area contributed by atoms with Crippen LogP contribution in [0.1, 0.15) is 90.0 Å². The first-order chi connectivity index (χ1) is 15.9. The minimum atomic E-state index is 0.121. The Balaban J connectivity index is 1.26. The van der Waals surface area contributed by atoms with Gasteiger partial charge in [-0.3, -0.25) is 9.79 Å². The molecule has 1 unspecified atom stereocenters. The molecule has 1 aliphatic heterocycles. The Morgan fingerprint density at radius 2 is 1.76 bits per heavy atom. The third-order valence-corrected chi connectivity index (χ3v) is 9.60. The molecule has 0 spiro atoms. The van der Waals surface area contributed by atoms with Gasteiger partial charge in [-0.2, -0.15) is 0 Å². The highest BCUT2D eigenvalue weighted by molar-refractivity contribution is 8.14. The summed E-state index contributed by atoms with van der Waals surface area (Å²) in [6.45, 7) is 7.66. The predicted molar refractivity (Wildman–Crippen MR) is 140 cm³/mol. The van der Waals surface area contributed by atoms with Gasteiger partial charge in [0, 0.05) is 30.4 Å². The number of unbranched alkanes of at least 4 members (excludes halogenated alkanes) is 1. The van der Waals surface area contributed by atoms with Crippen molar-refractivity contribution < 1.29 is 4.79 Å². The molecule has 5 heteroatoms. The van der Waals surface area contributed by atoms with Gasteiger partial charge in [0.1, 0.15) is 0 Å². The highest BCUT2D eigenvalue weighted by Gasteiger charge is 2.51. The molecule has 5 aliphatic rings. The van der Waals surface area contributed by atoms with Gasteiger partial charge in [-0.15, -0.1) is 0 Å². The molecule has 1 atom stereocenters. The molecule has 0 radical (unpaired) electrons. The number of rotatable bonds is 8. The van der Waals surface area contributed by atoms with Gasteiger partial charge in [-0.25, -0.2) is 0 Å². The number of benzene rings is 1. The van der Waals surface area contributed by atoms with Gasteiger partial charge in [-0.05, 0) is 86.3 Å². The lowest BCUT2D eigenvalue weighted by Gasteiger charge is -2.55. The van der Waals surface area contributed by atoms with Crippen LogP contribution in [0.4, 0.5) is 5.69 Å². The zero-order chi connectivity index (χ0) is 23.0. The molecule has 4 nitrogen and oxygen atoms in total. The molecule has 1 amide bonds. The fourth-order valence-electron chi connectivity index (χ4n) is 7.15. The SMILES string of the molecule is CCCCN1C(=NC23CC4CC(CC(C4)C2)C3)SCC1CC(=O)Nc1ccc(C(C)C)cc1. The van der Waals surface area contributed by atoms with Crippen molar-refractivity contribution in [1.29, 1.82) is 0 Å². The molecule has 5 fully saturated rings. The highest BCUT2D eigenvalue weighted by atomic mass is 32.2. The van der Waals surface area contributed by atoms with Crippen molar-refractivity contribution in [1.82, 2.24) is 4.90 Å². The first-order valence-electron chi connectivity index (χ1n) is 13.3. The number of amidine groups is 1. The van der Waals surface area contributed by atoms with Crippen LogP contribution in [0.15, 0.2) is 29.3 Å². The Bertz CT molecular complexity index is 842. The molecule has 180 valence electrons. The Morgan fingerprint density at radius 3 is 2.33 bits per heavy atom. The van der Waals surface area contributed by atoms with Crippen LogP contribution in [-0.2, 0) is 4.79 Å². The second kappa shape index (κ2) is 9.64. The second-order valence-corrected chi connectivity index (χ2v) is 12.6. The lowest BCUT2D eigenvalue weighted by Crippen LogP contribution is -2.50. The van der Waals surface area contributed by atoms with Crippen LogP contribution in [0.3, 0.4) is 0 Å². The quantitative estimate of drug-likeness (QED) is 0.464. The Morgan fingerprint density at radius 1 is 1.12 bits per heavy atom. The summed E-state index contributed by atoms with van der Waals surface area (Å²) in [5.41, 5.74) is 2.41. The van der Waals surface area contributed by atoms with Crippen molar-refractivity contribution >= 4 is 28.5 Å². The topological polar surface area (TPSA) is 44.7 Å². The fourth-order valence-corrected chi connectivity index (χ4v) is 8.46. The average Bonchev–Trinajstić information content (AvgIpc) is 3.11. The van der Waals surface area contributed by atoms with Crippen LogP contribution < -0.4 is 5.32 Å². The number of thioether (sulfide) groups is 1. The summed E-state index contributed by atoms with van der Waals surface area (Å²) in [7, 11) is 0. The molecule has 1 aromatic rings. The van der Waals surface area contributed by atoms with Gasteiger partial charge in [0.05, 0.1) is 5.54 Å². The maximum Gasteiger partial charge on any atom is 0.226 e. The normalized spacial score (nSPS) is 33.9. The number of hydrogen-bond acceptors (Lipinski definition) is 3. The Hall–Kier alpha value is -1.49. The van der Waals surface area contributed by atoms with Crippen LogP contribution in [0, 0.1) is 17.8 Å². The molecule has 1 saturated heterocycles. The van der Waals surface area contributed by atoms with Crippen LogP contribution in [0.2, 0.25) is 0 Å². The Kier molecular flexibility index (Phi) is 6.79. The third kappa shape index (κ3) is 5.13. The maximum atomic E-state index is 12.9. The lowest BCUT2D eigenvalue weighted by atomic mass is 9.53. The van der Waals surface area contributed by atoms with E-state index in [1.807, 2.05) is 23.9 Å². The van der Waals surface area contributed by atoms with Gasteiger partial charge < -0.3 is 10.2 Å². The van der Waals surface area contributed by atoms with Crippen LogP contribution in [0.5, 0.6) is 0 Å². The number of hydrogen-bond donors (Lipinski definition) is 1. The van der Waals surface area contributed by atoms with E-state index in [9.17, 15) is 4.79 Å². The van der Waals surface area contributed by atoms with Crippen molar-refractivity contribution in [3.05, 3.63) is 29.8 Å². The minimum absolute atomic E-state index is 0.121. The maximum absolute atomic E-state index is 12.9. The van der Waals surface area contributed by atoms with E-state index in [0.29, 0.717) is 12.3 Å². The molecule has 1 N–H and O–H groups in total. The van der Waals surface area contributed by atoms with E-state index in [4.69, 9.17) is 4.99 Å². The number of amides is 1. The first-order valence-corrected chi connectivity index (χ1v) is 14.3. The number of nitrogens with zero attached hydrogens (tertiary/aromatic N) is 2. The molecular formula is C28H41N3OS. The summed E-state index contributed by atoms with van der Waals surface area (Å²) >= 11 is 1.91. The third-order valence-electron chi connectivity index (χ3n) is 8.46. The van der Waals surface area contributed by atoms with Crippen LogP contribution in [0.25, 0.3) is 0 Å². The molecule has 4 saturated carbocycles. The molecular weight excluding hydrogens is 426 g/mol. The second-order valence-electron chi connectivity index (χ2n) is 11.6. The van der Waals surface area contributed by atoms with E-state index in [-0.39, 0.29) is 17.5 Å². The highest BCUT2D eigenvalue weighted by Crippen LogP contribution is 2.57. The minimum Gasteiger partial charge on any atom is -0.347 e. The van der Waals surface area contributed by atoms with Gasteiger partial charge in [-0.1, -0.05) is 51.1 Å². The number of anilines is 1. The van der Waals surface area contributed by atoms with Crippen molar-refractivity contribution in [2.45, 2.75) is 96.1 Å². The molecule has 6 rings (SSSR count). The fraction of sp³-hybridized carbons (Fsp3) is 0.714. The van der Waals surface area contributed by atoms with Gasteiger partial charge in [0.15, 0.2) is 5.17 Å². The first kappa shape index (κ1) is 23.3. The number of carbonyl (C=O) groups is 1. The monoisotopic (exact) mass is 467 g/mol. The summed E-state index contributed by atoms with van der Waals surface area (Å²) in [6, 6.07) is 8.56. The van der Waals surface area contributed by atoms with Crippen molar-refractivity contribution in [3.8, 4) is 0 Å². The molecule has 33 heavy (non-hydrogen) atoms. The summed E-state index contributed by atoms with van der Waals surface area (Å²) in [5.74, 6) is 4.35. The zero-order valence-electron chi connectivity index (χ0n) is 20.7. The molecule has 1 aromatic carbocycles. The van der Waals surface area contributed by atoms with Gasteiger partial charge >= 0.3 is 0 Å². The number of carbonyl (C=O) groups excluding carboxylic acids is 1. The number of aliphatic imine (C=N–C) groups is 1. The summed E-state index contributed by atoms with van der Waals surface area (Å²) < 4.78 is 0. The molecule has 1 heterocycles. The van der Waals surface area contributed by atoms with E-state index in [1.54, 1.807) is 0 Å². The molecule has 0 aromatic heterocycles. The van der Waals surface area contributed by atoms with Crippen molar-refractivity contribution in [2.75, 3.05) is 17.6 Å². The molecule has 4 bridgehead atoms.